The number of sulfonamides is 1. The SMILES string of the molecule is COc1cccc(NC(=O)N2C[C@@H]3OCCS(=O)(=O)N(Cc4cc(C)cc(F)c4)[C@@H]3C2)c1. The lowest BCUT2D eigenvalue weighted by molar-refractivity contribution is 0.0472. The number of nitrogens with one attached hydrogen (secondary N) is 1. The first-order chi connectivity index (χ1) is 15.2. The number of carbonyl (C=O) groups excluding carboxylic acids is 1. The predicted molar refractivity (Wildman–Crippen MR) is 118 cm³/mol. The molecule has 0 unspecified atom stereocenters. The molecule has 0 bridgehead atoms. The van der Waals surface area contributed by atoms with Gasteiger partial charge in [0.15, 0.2) is 0 Å². The zero-order valence-corrected chi connectivity index (χ0v) is 18.8. The number of hydrogen-bond donors (Lipinski definition) is 1. The Balaban J connectivity index is 1.54. The minimum Gasteiger partial charge on any atom is -0.497 e. The van der Waals surface area contributed by atoms with Crippen molar-refractivity contribution in [3.63, 3.8) is 0 Å². The van der Waals surface area contributed by atoms with Crippen LogP contribution in [0, 0.1) is 12.7 Å². The molecule has 2 aliphatic heterocycles. The van der Waals surface area contributed by atoms with Gasteiger partial charge < -0.3 is 19.7 Å². The van der Waals surface area contributed by atoms with Gasteiger partial charge >= 0.3 is 6.03 Å². The number of hydrogen-bond acceptors (Lipinski definition) is 5. The molecule has 8 nitrogen and oxygen atoms in total. The van der Waals surface area contributed by atoms with Crippen molar-refractivity contribution in [1.29, 1.82) is 0 Å². The van der Waals surface area contributed by atoms with E-state index in [1.807, 2.05) is 0 Å². The summed E-state index contributed by atoms with van der Waals surface area (Å²) in [7, 11) is -2.10. The quantitative estimate of drug-likeness (QED) is 0.753. The summed E-state index contributed by atoms with van der Waals surface area (Å²) in [6.07, 6.45) is -0.460. The van der Waals surface area contributed by atoms with E-state index in [1.54, 1.807) is 49.3 Å². The maximum Gasteiger partial charge on any atom is 0.321 e. The third-order valence-electron chi connectivity index (χ3n) is 5.69. The molecule has 0 aromatic heterocycles. The lowest BCUT2D eigenvalue weighted by Crippen LogP contribution is -2.45. The van der Waals surface area contributed by atoms with Crippen molar-refractivity contribution in [2.45, 2.75) is 25.6 Å². The maximum absolute atomic E-state index is 13.9. The van der Waals surface area contributed by atoms with Crippen LogP contribution < -0.4 is 10.1 Å². The Labute approximate surface area is 187 Å². The van der Waals surface area contributed by atoms with Crippen LogP contribution in [0.3, 0.4) is 0 Å². The largest absolute Gasteiger partial charge is 0.497 e. The molecule has 2 amide bonds. The van der Waals surface area contributed by atoms with Crippen LogP contribution in [0.5, 0.6) is 5.75 Å². The molecule has 0 spiro atoms. The molecule has 2 aromatic carbocycles. The van der Waals surface area contributed by atoms with Crippen molar-refractivity contribution < 1.29 is 27.1 Å². The fraction of sp³-hybridized carbons (Fsp3) is 0.409. The van der Waals surface area contributed by atoms with E-state index in [9.17, 15) is 17.6 Å². The van der Waals surface area contributed by atoms with Crippen LogP contribution in [-0.2, 0) is 21.3 Å². The molecule has 2 aromatic rings. The molecule has 32 heavy (non-hydrogen) atoms. The smallest absolute Gasteiger partial charge is 0.321 e. The Kier molecular flexibility index (Phi) is 6.36. The number of benzene rings is 2. The highest BCUT2D eigenvalue weighted by atomic mass is 32.2. The van der Waals surface area contributed by atoms with Crippen molar-refractivity contribution in [2.24, 2.45) is 0 Å². The Morgan fingerprint density at radius 3 is 2.81 bits per heavy atom. The van der Waals surface area contributed by atoms with Gasteiger partial charge in [0.05, 0.1) is 38.2 Å². The second-order valence-corrected chi connectivity index (χ2v) is 10.1. The van der Waals surface area contributed by atoms with Gasteiger partial charge in [-0.05, 0) is 42.3 Å². The number of ether oxygens (including phenoxy) is 2. The van der Waals surface area contributed by atoms with E-state index < -0.39 is 28.0 Å². The van der Waals surface area contributed by atoms with Gasteiger partial charge in [-0.25, -0.2) is 17.6 Å². The van der Waals surface area contributed by atoms with Gasteiger partial charge in [0, 0.05) is 24.8 Å². The highest BCUT2D eigenvalue weighted by Crippen LogP contribution is 2.28. The number of aryl methyl sites for hydroxylation is 1. The number of nitrogens with zero attached hydrogens (tertiary/aromatic N) is 2. The molecule has 2 heterocycles. The Morgan fingerprint density at radius 2 is 2.06 bits per heavy atom. The van der Waals surface area contributed by atoms with E-state index in [2.05, 4.69) is 5.32 Å². The lowest BCUT2D eigenvalue weighted by atomic mass is 10.1. The molecule has 172 valence electrons. The molecule has 2 fully saturated rings. The molecule has 2 aliphatic rings. The van der Waals surface area contributed by atoms with E-state index in [0.29, 0.717) is 22.6 Å². The highest BCUT2D eigenvalue weighted by molar-refractivity contribution is 7.89. The standard InChI is InChI=1S/C22H26FN3O5S/c1-15-8-16(10-17(23)9-15)12-26-20-13-25(14-21(20)31-6-7-32(26,28)29)22(27)24-18-4-3-5-19(11-18)30-2/h3-5,8-11,20-21H,6-7,12-14H2,1-2H3,(H,24,27)/t20-,21+/m1/s1. The first-order valence-corrected chi connectivity index (χ1v) is 11.9. The number of rotatable bonds is 4. The van der Waals surface area contributed by atoms with Crippen molar-refractivity contribution in [3.8, 4) is 5.75 Å². The second kappa shape index (κ2) is 9.05. The molecule has 4 rings (SSSR count). The van der Waals surface area contributed by atoms with Gasteiger partial charge in [-0.1, -0.05) is 12.1 Å². The molecular weight excluding hydrogens is 437 g/mol. The molecular formula is C22H26FN3O5S. The van der Waals surface area contributed by atoms with Crippen LogP contribution in [0.25, 0.3) is 0 Å². The monoisotopic (exact) mass is 463 g/mol. The topological polar surface area (TPSA) is 88.2 Å². The number of fused-ring (bicyclic) bond motifs is 1. The maximum atomic E-state index is 13.9. The number of anilines is 1. The van der Waals surface area contributed by atoms with Crippen molar-refractivity contribution in [3.05, 3.63) is 59.4 Å². The number of carbonyl (C=O) groups is 1. The van der Waals surface area contributed by atoms with Crippen LogP contribution >= 0.6 is 0 Å². The zero-order valence-electron chi connectivity index (χ0n) is 18.0. The molecule has 2 saturated heterocycles. The molecule has 2 atom stereocenters. The Morgan fingerprint density at radius 1 is 1.25 bits per heavy atom. The fourth-order valence-corrected chi connectivity index (χ4v) is 5.70. The molecule has 0 radical (unpaired) electrons. The summed E-state index contributed by atoms with van der Waals surface area (Å²) >= 11 is 0. The third kappa shape index (κ3) is 4.87. The van der Waals surface area contributed by atoms with Gasteiger partial charge in [-0.2, -0.15) is 4.31 Å². The predicted octanol–water partition coefficient (Wildman–Crippen LogP) is 2.59. The van der Waals surface area contributed by atoms with Crippen LogP contribution in [0.4, 0.5) is 14.9 Å². The first kappa shape index (κ1) is 22.5. The van der Waals surface area contributed by atoms with Gasteiger partial charge in [-0.15, -0.1) is 0 Å². The number of urea groups is 1. The average Bonchev–Trinajstić information content (AvgIpc) is 3.10. The molecule has 0 aliphatic carbocycles. The van der Waals surface area contributed by atoms with E-state index >= 15 is 0 Å². The van der Waals surface area contributed by atoms with E-state index in [0.717, 1.165) is 0 Å². The van der Waals surface area contributed by atoms with Gasteiger partial charge in [0.25, 0.3) is 0 Å². The summed E-state index contributed by atoms with van der Waals surface area (Å²) in [5, 5.41) is 2.82. The van der Waals surface area contributed by atoms with Crippen molar-refractivity contribution >= 4 is 21.7 Å². The van der Waals surface area contributed by atoms with Crippen LogP contribution in [0.2, 0.25) is 0 Å². The van der Waals surface area contributed by atoms with Crippen molar-refractivity contribution in [2.75, 3.05) is 37.9 Å². The highest BCUT2D eigenvalue weighted by Gasteiger charge is 2.45. The summed E-state index contributed by atoms with van der Waals surface area (Å²) in [6.45, 7) is 2.27. The summed E-state index contributed by atoms with van der Waals surface area (Å²) < 4.78 is 52.2. The summed E-state index contributed by atoms with van der Waals surface area (Å²) in [5.74, 6) is 0.0516. The summed E-state index contributed by atoms with van der Waals surface area (Å²) in [6, 6.07) is 10.6. The fourth-order valence-electron chi connectivity index (χ4n) is 4.19. The molecule has 0 saturated carbocycles. The average molecular weight is 464 g/mol. The normalized spacial score (nSPS) is 22.8. The first-order valence-electron chi connectivity index (χ1n) is 10.3. The van der Waals surface area contributed by atoms with E-state index in [-0.39, 0.29) is 38.0 Å². The van der Waals surface area contributed by atoms with Crippen LogP contribution in [-0.4, -0.2) is 68.4 Å². The second-order valence-electron chi connectivity index (χ2n) is 8.04. The Bertz CT molecular complexity index is 1090. The number of likely N-dealkylation sites (tertiary alicyclic amines) is 1. The minimum atomic E-state index is -3.64. The number of halogens is 1. The Hall–Kier alpha value is -2.69. The summed E-state index contributed by atoms with van der Waals surface area (Å²) in [5.41, 5.74) is 1.85. The van der Waals surface area contributed by atoms with Crippen LogP contribution in [0.15, 0.2) is 42.5 Å². The molecule has 1 N–H and O–H groups in total. The van der Waals surface area contributed by atoms with Crippen molar-refractivity contribution in [1.82, 2.24) is 9.21 Å². The number of amides is 2. The van der Waals surface area contributed by atoms with Crippen LogP contribution in [0.1, 0.15) is 11.1 Å². The minimum absolute atomic E-state index is 0.0246. The lowest BCUT2D eigenvalue weighted by Gasteiger charge is -2.28. The van der Waals surface area contributed by atoms with E-state index in [4.69, 9.17) is 9.47 Å². The third-order valence-corrected chi connectivity index (χ3v) is 7.48. The number of methoxy groups -OCH3 is 1. The van der Waals surface area contributed by atoms with Gasteiger partial charge in [-0.3, -0.25) is 0 Å². The van der Waals surface area contributed by atoms with Gasteiger partial charge in [0.1, 0.15) is 11.6 Å². The molecule has 10 heteroatoms. The van der Waals surface area contributed by atoms with Gasteiger partial charge in [0.2, 0.25) is 10.0 Å². The van der Waals surface area contributed by atoms with E-state index in [1.165, 1.54) is 16.4 Å². The summed E-state index contributed by atoms with van der Waals surface area (Å²) in [4.78, 5) is 14.4. The zero-order chi connectivity index (χ0) is 22.9.